The van der Waals surface area contributed by atoms with E-state index in [4.69, 9.17) is 5.26 Å². The Kier molecular flexibility index (Phi) is 2.82. The molecule has 92 valence electrons. The molecule has 3 heteroatoms. The molecule has 3 nitrogen and oxygen atoms in total. The Morgan fingerprint density at radius 3 is 2.82 bits per heavy atom. The topological polar surface area (TPSA) is 44.1 Å². The molecule has 4 unspecified atom stereocenters. The molecule has 0 radical (unpaired) electrons. The number of hydrogen-bond acceptors (Lipinski definition) is 2. The van der Waals surface area contributed by atoms with Crippen molar-refractivity contribution in [3.05, 3.63) is 0 Å². The first-order chi connectivity index (χ1) is 8.28. The molecule has 17 heavy (non-hydrogen) atoms. The molecule has 1 saturated heterocycles. The molecule has 3 aliphatic rings. The molecule has 0 aromatic rings. The van der Waals surface area contributed by atoms with Crippen molar-refractivity contribution < 1.29 is 4.79 Å². The van der Waals surface area contributed by atoms with Gasteiger partial charge in [0.25, 0.3) is 0 Å². The van der Waals surface area contributed by atoms with Crippen LogP contribution in [0.2, 0.25) is 0 Å². The summed E-state index contributed by atoms with van der Waals surface area (Å²) in [5.74, 6) is 2.59. The van der Waals surface area contributed by atoms with Crippen molar-refractivity contribution >= 4 is 5.91 Å². The molecule has 3 fully saturated rings. The van der Waals surface area contributed by atoms with Gasteiger partial charge in [-0.1, -0.05) is 6.42 Å². The largest absolute Gasteiger partial charge is 0.327 e. The van der Waals surface area contributed by atoms with Crippen LogP contribution < -0.4 is 0 Å². The number of carbonyl (C=O) groups is 1. The van der Waals surface area contributed by atoms with Crippen molar-refractivity contribution in [3.63, 3.8) is 0 Å². The third-order valence-electron chi connectivity index (χ3n) is 5.04. The van der Waals surface area contributed by atoms with Crippen LogP contribution in [0.1, 0.15) is 44.9 Å². The molecule has 0 aromatic carbocycles. The molecule has 2 aliphatic carbocycles. The van der Waals surface area contributed by atoms with Gasteiger partial charge in [-0.25, -0.2) is 0 Å². The summed E-state index contributed by atoms with van der Waals surface area (Å²) in [6.45, 7) is 0.803. The van der Waals surface area contributed by atoms with Crippen LogP contribution >= 0.6 is 0 Å². The highest BCUT2D eigenvalue weighted by atomic mass is 16.2. The van der Waals surface area contributed by atoms with Crippen molar-refractivity contribution in [1.29, 1.82) is 5.26 Å². The van der Waals surface area contributed by atoms with Crippen LogP contribution in [0.5, 0.6) is 0 Å². The van der Waals surface area contributed by atoms with Crippen LogP contribution in [0, 0.1) is 29.1 Å². The van der Waals surface area contributed by atoms with Gasteiger partial charge >= 0.3 is 0 Å². The zero-order valence-corrected chi connectivity index (χ0v) is 10.3. The van der Waals surface area contributed by atoms with E-state index >= 15 is 0 Å². The first-order valence-electron chi connectivity index (χ1n) is 6.97. The Balaban J connectivity index is 1.59. The lowest BCUT2D eigenvalue weighted by molar-refractivity contribution is -0.132. The van der Waals surface area contributed by atoms with Crippen molar-refractivity contribution in [3.8, 4) is 6.07 Å². The van der Waals surface area contributed by atoms with E-state index in [2.05, 4.69) is 6.07 Å². The molecule has 2 saturated carbocycles. The number of nitriles is 1. The van der Waals surface area contributed by atoms with Crippen LogP contribution in [0.25, 0.3) is 0 Å². The standard InChI is InChI=1S/C14H20N2O/c15-9-13-2-1-5-16(13)14(17)8-12-7-10-3-4-11(12)6-10/h10-13H,1-8H2. The summed E-state index contributed by atoms with van der Waals surface area (Å²) in [6.07, 6.45) is 7.93. The van der Waals surface area contributed by atoms with E-state index in [9.17, 15) is 4.79 Å². The molecular formula is C14H20N2O. The number of hydrogen-bond donors (Lipinski definition) is 0. The minimum Gasteiger partial charge on any atom is -0.327 e. The summed E-state index contributed by atoms with van der Waals surface area (Å²) in [5.41, 5.74) is 0. The fourth-order valence-corrected chi connectivity index (χ4v) is 4.17. The van der Waals surface area contributed by atoms with Crippen LogP contribution in [0.4, 0.5) is 0 Å². The number of carbonyl (C=O) groups excluding carboxylic acids is 1. The fourth-order valence-electron chi connectivity index (χ4n) is 4.17. The number of rotatable bonds is 2. The maximum absolute atomic E-state index is 12.2. The van der Waals surface area contributed by atoms with Gasteiger partial charge in [-0.3, -0.25) is 4.79 Å². The van der Waals surface area contributed by atoms with Gasteiger partial charge in [-0.15, -0.1) is 0 Å². The summed E-state index contributed by atoms with van der Waals surface area (Å²) < 4.78 is 0. The second-order valence-corrected chi connectivity index (χ2v) is 6.01. The van der Waals surface area contributed by atoms with Gasteiger partial charge in [-0.05, 0) is 49.9 Å². The number of fused-ring (bicyclic) bond motifs is 2. The third kappa shape index (κ3) is 1.94. The van der Waals surface area contributed by atoms with Crippen molar-refractivity contribution in [2.45, 2.75) is 51.0 Å². The fraction of sp³-hybridized carbons (Fsp3) is 0.857. The van der Waals surface area contributed by atoms with E-state index in [1.807, 2.05) is 4.90 Å². The van der Waals surface area contributed by atoms with Gasteiger partial charge in [-0.2, -0.15) is 5.26 Å². The van der Waals surface area contributed by atoms with E-state index < -0.39 is 0 Å². The zero-order valence-electron chi connectivity index (χ0n) is 10.3. The van der Waals surface area contributed by atoms with Crippen LogP contribution in [0.15, 0.2) is 0 Å². The first-order valence-corrected chi connectivity index (χ1v) is 6.97. The molecule has 1 amide bonds. The Labute approximate surface area is 103 Å². The smallest absolute Gasteiger partial charge is 0.223 e. The van der Waals surface area contributed by atoms with Crippen molar-refractivity contribution in [1.82, 2.24) is 4.90 Å². The van der Waals surface area contributed by atoms with Gasteiger partial charge in [0.2, 0.25) is 5.91 Å². The number of amides is 1. The van der Waals surface area contributed by atoms with E-state index in [0.29, 0.717) is 12.3 Å². The Morgan fingerprint density at radius 1 is 1.29 bits per heavy atom. The average molecular weight is 232 g/mol. The van der Waals surface area contributed by atoms with E-state index in [1.54, 1.807) is 0 Å². The van der Waals surface area contributed by atoms with Gasteiger partial charge in [0.1, 0.15) is 6.04 Å². The van der Waals surface area contributed by atoms with Crippen molar-refractivity contribution in [2.75, 3.05) is 6.54 Å². The summed E-state index contributed by atoms with van der Waals surface area (Å²) >= 11 is 0. The normalized spacial score (nSPS) is 39.6. The maximum atomic E-state index is 12.2. The van der Waals surface area contributed by atoms with Crippen molar-refractivity contribution in [2.24, 2.45) is 17.8 Å². The summed E-state index contributed by atoms with van der Waals surface area (Å²) in [7, 11) is 0. The predicted octanol–water partition coefficient (Wildman–Crippen LogP) is 2.33. The minimum absolute atomic E-state index is 0.138. The predicted molar refractivity (Wildman–Crippen MR) is 63.9 cm³/mol. The molecule has 0 spiro atoms. The van der Waals surface area contributed by atoms with Crippen LogP contribution in [-0.2, 0) is 4.79 Å². The molecular weight excluding hydrogens is 212 g/mol. The van der Waals surface area contributed by atoms with Gasteiger partial charge < -0.3 is 4.90 Å². The zero-order chi connectivity index (χ0) is 11.8. The molecule has 2 bridgehead atoms. The highest BCUT2D eigenvalue weighted by molar-refractivity contribution is 5.77. The first kappa shape index (κ1) is 11.1. The summed E-state index contributed by atoms with van der Waals surface area (Å²) in [4.78, 5) is 14.0. The van der Waals surface area contributed by atoms with E-state index in [0.717, 1.165) is 31.2 Å². The third-order valence-corrected chi connectivity index (χ3v) is 5.04. The number of nitrogens with zero attached hydrogens (tertiary/aromatic N) is 2. The summed E-state index contributed by atoms with van der Waals surface area (Å²) in [5, 5.41) is 9.01. The second kappa shape index (κ2) is 4.33. The summed E-state index contributed by atoms with van der Waals surface area (Å²) in [6, 6.07) is 2.12. The highest BCUT2D eigenvalue weighted by Gasteiger charge is 2.41. The lowest BCUT2D eigenvalue weighted by Crippen LogP contribution is -2.36. The quantitative estimate of drug-likeness (QED) is 0.733. The molecule has 1 aliphatic heterocycles. The average Bonchev–Trinajstić information content (AvgIpc) is 3.04. The highest BCUT2D eigenvalue weighted by Crippen LogP contribution is 2.49. The molecule has 1 heterocycles. The Bertz CT molecular complexity index is 360. The van der Waals surface area contributed by atoms with E-state index in [1.165, 1.54) is 25.7 Å². The maximum Gasteiger partial charge on any atom is 0.223 e. The van der Waals surface area contributed by atoms with Gasteiger partial charge in [0, 0.05) is 13.0 Å². The lowest BCUT2D eigenvalue weighted by Gasteiger charge is -2.25. The van der Waals surface area contributed by atoms with Gasteiger partial charge in [0.15, 0.2) is 0 Å². The molecule has 3 rings (SSSR count). The SMILES string of the molecule is N#CC1CCCN1C(=O)CC1CC2CCC1C2. The molecule has 4 atom stereocenters. The number of likely N-dealkylation sites (tertiary alicyclic amines) is 1. The van der Waals surface area contributed by atoms with Crippen LogP contribution in [0.3, 0.4) is 0 Å². The van der Waals surface area contributed by atoms with E-state index in [-0.39, 0.29) is 11.9 Å². The Morgan fingerprint density at radius 2 is 2.18 bits per heavy atom. The molecule has 0 aromatic heterocycles. The van der Waals surface area contributed by atoms with Crippen LogP contribution in [-0.4, -0.2) is 23.4 Å². The monoisotopic (exact) mass is 232 g/mol. The lowest BCUT2D eigenvalue weighted by atomic mass is 9.86. The second-order valence-electron chi connectivity index (χ2n) is 6.01. The minimum atomic E-state index is -0.138. The molecule has 0 N–H and O–H groups in total. The van der Waals surface area contributed by atoms with Gasteiger partial charge in [0.05, 0.1) is 6.07 Å². The Hall–Kier alpha value is -1.04.